The van der Waals surface area contributed by atoms with Crippen LogP contribution in [0.4, 0.5) is 0 Å². The van der Waals surface area contributed by atoms with E-state index in [9.17, 15) is 4.79 Å². The predicted octanol–water partition coefficient (Wildman–Crippen LogP) is 2.20. The summed E-state index contributed by atoms with van der Waals surface area (Å²) in [6, 6.07) is 4.29. The summed E-state index contributed by atoms with van der Waals surface area (Å²) in [5, 5.41) is 2.12. The van der Waals surface area contributed by atoms with Gasteiger partial charge in [0, 0.05) is 23.9 Å². The summed E-state index contributed by atoms with van der Waals surface area (Å²) in [6.07, 6.45) is 4.51. The minimum Gasteiger partial charge on any atom is -0.303 e. The molecule has 1 aliphatic heterocycles. The Hall–Kier alpha value is -0.670. The molecule has 0 aliphatic carbocycles. The molecular formula is C12H17NOS. The van der Waals surface area contributed by atoms with Crippen molar-refractivity contribution in [3.05, 3.63) is 22.4 Å². The van der Waals surface area contributed by atoms with Crippen molar-refractivity contribution >= 4 is 17.6 Å². The predicted molar refractivity (Wildman–Crippen MR) is 63.3 cm³/mol. The van der Waals surface area contributed by atoms with Crippen LogP contribution in [0.3, 0.4) is 0 Å². The minimum atomic E-state index is 0.280. The Bertz CT molecular complexity index is 297. The van der Waals surface area contributed by atoms with E-state index in [1.807, 2.05) is 11.3 Å². The first-order chi connectivity index (χ1) is 7.38. The highest BCUT2D eigenvalue weighted by molar-refractivity contribution is 7.09. The summed E-state index contributed by atoms with van der Waals surface area (Å²) < 4.78 is 0. The third-order valence-electron chi connectivity index (χ3n) is 2.99. The molecule has 0 saturated carbocycles. The van der Waals surface area contributed by atoms with E-state index in [1.54, 1.807) is 0 Å². The molecule has 0 radical (unpaired) electrons. The monoisotopic (exact) mass is 223 g/mol. The third-order valence-corrected chi connectivity index (χ3v) is 3.93. The molecule has 3 heteroatoms. The Morgan fingerprint density at radius 3 is 3.27 bits per heavy atom. The fourth-order valence-corrected chi connectivity index (χ4v) is 2.83. The summed E-state index contributed by atoms with van der Waals surface area (Å²) in [5.74, 6) is 0.280. The zero-order valence-electron chi connectivity index (χ0n) is 8.89. The molecule has 2 heterocycles. The van der Waals surface area contributed by atoms with Crippen LogP contribution in [0.1, 0.15) is 17.7 Å². The van der Waals surface area contributed by atoms with Crippen molar-refractivity contribution in [1.82, 2.24) is 4.90 Å². The fourth-order valence-electron chi connectivity index (χ4n) is 2.13. The number of carbonyl (C=O) groups is 1. The van der Waals surface area contributed by atoms with Crippen LogP contribution in [0.5, 0.6) is 0 Å². The number of aldehydes is 1. The molecule has 15 heavy (non-hydrogen) atoms. The van der Waals surface area contributed by atoms with Crippen molar-refractivity contribution in [3.63, 3.8) is 0 Å². The largest absolute Gasteiger partial charge is 0.303 e. The van der Waals surface area contributed by atoms with Gasteiger partial charge in [-0.3, -0.25) is 0 Å². The molecule has 0 aromatic carbocycles. The number of hydrogen-bond donors (Lipinski definition) is 0. The first-order valence-electron chi connectivity index (χ1n) is 5.58. The number of rotatable bonds is 4. The van der Waals surface area contributed by atoms with E-state index in [4.69, 9.17) is 0 Å². The van der Waals surface area contributed by atoms with Crippen molar-refractivity contribution in [3.8, 4) is 0 Å². The molecule has 1 aliphatic rings. The van der Waals surface area contributed by atoms with Gasteiger partial charge in [-0.1, -0.05) is 6.07 Å². The van der Waals surface area contributed by atoms with Crippen LogP contribution in [0.25, 0.3) is 0 Å². The number of hydrogen-bond acceptors (Lipinski definition) is 3. The van der Waals surface area contributed by atoms with Crippen LogP contribution in [0.15, 0.2) is 17.5 Å². The average Bonchev–Trinajstić information content (AvgIpc) is 2.79. The third kappa shape index (κ3) is 3.14. The molecule has 2 rings (SSSR count). The second-order valence-electron chi connectivity index (χ2n) is 4.17. The topological polar surface area (TPSA) is 20.3 Å². The van der Waals surface area contributed by atoms with E-state index >= 15 is 0 Å². The standard InChI is InChI=1S/C12H17NOS/c14-10-11-3-1-6-13(9-11)7-5-12-4-2-8-15-12/h2,4,8,10-11H,1,3,5-7,9H2. The molecule has 82 valence electrons. The Morgan fingerprint density at radius 1 is 1.60 bits per heavy atom. The highest BCUT2D eigenvalue weighted by Crippen LogP contribution is 2.16. The molecular weight excluding hydrogens is 206 g/mol. The summed E-state index contributed by atoms with van der Waals surface area (Å²) in [4.78, 5) is 14.6. The lowest BCUT2D eigenvalue weighted by Crippen LogP contribution is -2.37. The molecule has 1 aromatic heterocycles. The first-order valence-corrected chi connectivity index (χ1v) is 6.46. The van der Waals surface area contributed by atoms with Gasteiger partial charge in [0.25, 0.3) is 0 Å². The van der Waals surface area contributed by atoms with Gasteiger partial charge in [-0.25, -0.2) is 0 Å². The van der Waals surface area contributed by atoms with Crippen LogP contribution in [0.2, 0.25) is 0 Å². The van der Waals surface area contributed by atoms with Gasteiger partial charge in [0.05, 0.1) is 0 Å². The smallest absolute Gasteiger partial charge is 0.124 e. The van der Waals surface area contributed by atoms with Gasteiger partial charge in [0.1, 0.15) is 6.29 Å². The minimum absolute atomic E-state index is 0.280. The zero-order chi connectivity index (χ0) is 10.5. The van der Waals surface area contributed by atoms with E-state index in [0.29, 0.717) is 0 Å². The summed E-state index contributed by atoms with van der Waals surface area (Å²) in [5.41, 5.74) is 0. The number of carbonyl (C=O) groups excluding carboxylic acids is 1. The second kappa shape index (κ2) is 5.42. The first kappa shape index (κ1) is 10.8. The molecule has 1 fully saturated rings. The van der Waals surface area contributed by atoms with Crippen molar-refractivity contribution in [1.29, 1.82) is 0 Å². The Balaban J connectivity index is 1.77. The maximum Gasteiger partial charge on any atom is 0.124 e. The molecule has 0 N–H and O–H groups in total. The summed E-state index contributed by atoms with van der Waals surface area (Å²) >= 11 is 1.82. The van der Waals surface area contributed by atoms with Crippen molar-refractivity contribution in [2.75, 3.05) is 19.6 Å². The van der Waals surface area contributed by atoms with Crippen LogP contribution < -0.4 is 0 Å². The molecule has 0 spiro atoms. The molecule has 0 amide bonds. The number of piperidine rings is 1. The second-order valence-corrected chi connectivity index (χ2v) is 5.20. The summed E-state index contributed by atoms with van der Waals surface area (Å²) in [6.45, 7) is 3.23. The number of likely N-dealkylation sites (tertiary alicyclic amines) is 1. The van der Waals surface area contributed by atoms with Crippen molar-refractivity contribution in [2.45, 2.75) is 19.3 Å². The lowest BCUT2D eigenvalue weighted by Gasteiger charge is -2.29. The van der Waals surface area contributed by atoms with Gasteiger partial charge < -0.3 is 9.69 Å². The maximum atomic E-state index is 10.7. The normalized spacial score (nSPS) is 22.8. The van der Waals surface area contributed by atoms with Crippen LogP contribution in [-0.4, -0.2) is 30.8 Å². The Kier molecular flexibility index (Phi) is 3.92. The molecule has 0 bridgehead atoms. The van der Waals surface area contributed by atoms with Gasteiger partial charge in [0.2, 0.25) is 0 Å². The Labute approximate surface area is 94.9 Å². The number of thiophene rings is 1. The molecule has 1 unspecified atom stereocenters. The van der Waals surface area contributed by atoms with E-state index < -0.39 is 0 Å². The number of nitrogens with zero attached hydrogens (tertiary/aromatic N) is 1. The van der Waals surface area contributed by atoms with Crippen LogP contribution >= 0.6 is 11.3 Å². The van der Waals surface area contributed by atoms with Crippen molar-refractivity contribution < 1.29 is 4.79 Å². The lowest BCUT2D eigenvalue weighted by atomic mass is 10.00. The quantitative estimate of drug-likeness (QED) is 0.729. The highest BCUT2D eigenvalue weighted by atomic mass is 32.1. The molecule has 2 nitrogen and oxygen atoms in total. The SMILES string of the molecule is O=CC1CCCN(CCc2cccs2)C1. The fraction of sp³-hybridized carbons (Fsp3) is 0.583. The van der Waals surface area contributed by atoms with E-state index in [1.165, 1.54) is 11.3 Å². The van der Waals surface area contributed by atoms with Gasteiger partial charge >= 0.3 is 0 Å². The van der Waals surface area contributed by atoms with Crippen molar-refractivity contribution in [2.24, 2.45) is 5.92 Å². The maximum absolute atomic E-state index is 10.7. The van der Waals surface area contributed by atoms with Crippen LogP contribution in [0, 0.1) is 5.92 Å². The highest BCUT2D eigenvalue weighted by Gasteiger charge is 2.18. The van der Waals surface area contributed by atoms with E-state index in [-0.39, 0.29) is 5.92 Å². The van der Waals surface area contributed by atoms with E-state index in [2.05, 4.69) is 22.4 Å². The lowest BCUT2D eigenvalue weighted by molar-refractivity contribution is -0.112. The molecule has 1 saturated heterocycles. The van der Waals surface area contributed by atoms with Gasteiger partial charge in [0.15, 0.2) is 0 Å². The van der Waals surface area contributed by atoms with Gasteiger partial charge in [-0.05, 0) is 37.3 Å². The summed E-state index contributed by atoms with van der Waals surface area (Å²) in [7, 11) is 0. The van der Waals surface area contributed by atoms with Gasteiger partial charge in [-0.2, -0.15) is 0 Å². The van der Waals surface area contributed by atoms with Gasteiger partial charge in [-0.15, -0.1) is 11.3 Å². The zero-order valence-corrected chi connectivity index (χ0v) is 9.71. The van der Waals surface area contributed by atoms with E-state index in [0.717, 1.165) is 38.8 Å². The molecule has 1 aromatic rings. The average molecular weight is 223 g/mol. The Morgan fingerprint density at radius 2 is 2.53 bits per heavy atom. The van der Waals surface area contributed by atoms with Crippen LogP contribution in [-0.2, 0) is 11.2 Å². The molecule has 1 atom stereocenters.